The van der Waals surface area contributed by atoms with Gasteiger partial charge >= 0.3 is 0 Å². The van der Waals surface area contributed by atoms with E-state index in [0.717, 1.165) is 31.7 Å². The molecule has 0 spiro atoms. The van der Waals surface area contributed by atoms with Gasteiger partial charge in [0.2, 0.25) is 0 Å². The Kier molecular flexibility index (Phi) is 4.79. The molecule has 1 aromatic carbocycles. The summed E-state index contributed by atoms with van der Waals surface area (Å²) >= 11 is 0. The van der Waals surface area contributed by atoms with Crippen LogP contribution in [0.15, 0.2) is 30.5 Å². The number of unbranched alkanes of at least 4 members (excludes halogenated alkanes) is 1. The van der Waals surface area contributed by atoms with Gasteiger partial charge in [-0.25, -0.2) is 0 Å². The SMILES string of the molecule is CCCCOCCn1ccc2ccc(CO)cc21. The van der Waals surface area contributed by atoms with E-state index >= 15 is 0 Å². The lowest BCUT2D eigenvalue weighted by molar-refractivity contribution is 0.124. The standard InChI is InChI=1S/C15H21NO2/c1-2-3-9-18-10-8-16-7-6-14-5-4-13(12-17)11-15(14)16/h4-7,11,17H,2-3,8-10,12H2,1H3. The predicted molar refractivity (Wildman–Crippen MR) is 73.6 cm³/mol. The van der Waals surface area contributed by atoms with Gasteiger partial charge < -0.3 is 14.4 Å². The highest BCUT2D eigenvalue weighted by Gasteiger charge is 2.02. The maximum Gasteiger partial charge on any atom is 0.0682 e. The molecule has 0 aliphatic heterocycles. The van der Waals surface area contributed by atoms with Gasteiger partial charge in [0.1, 0.15) is 0 Å². The van der Waals surface area contributed by atoms with Gasteiger partial charge in [-0.3, -0.25) is 0 Å². The number of fused-ring (bicyclic) bond motifs is 1. The minimum absolute atomic E-state index is 0.0914. The summed E-state index contributed by atoms with van der Waals surface area (Å²) in [6.07, 6.45) is 4.38. The molecule has 3 nitrogen and oxygen atoms in total. The first-order chi connectivity index (χ1) is 8.85. The van der Waals surface area contributed by atoms with Crippen LogP contribution in [0, 0.1) is 0 Å². The average Bonchev–Trinajstić information content (AvgIpc) is 2.81. The Bertz CT molecular complexity index is 490. The largest absolute Gasteiger partial charge is 0.392 e. The molecule has 18 heavy (non-hydrogen) atoms. The number of aliphatic hydroxyl groups is 1. The van der Waals surface area contributed by atoms with Gasteiger partial charge in [0.15, 0.2) is 0 Å². The van der Waals surface area contributed by atoms with Crippen molar-refractivity contribution in [2.75, 3.05) is 13.2 Å². The van der Waals surface area contributed by atoms with Crippen LogP contribution in [0.3, 0.4) is 0 Å². The molecular weight excluding hydrogens is 226 g/mol. The second-order valence-corrected chi connectivity index (χ2v) is 4.53. The molecular formula is C15H21NO2. The summed E-state index contributed by atoms with van der Waals surface area (Å²) in [6, 6.07) is 8.16. The van der Waals surface area contributed by atoms with Crippen LogP contribution in [0.5, 0.6) is 0 Å². The second kappa shape index (κ2) is 6.57. The average molecular weight is 247 g/mol. The summed E-state index contributed by atoms with van der Waals surface area (Å²) in [7, 11) is 0. The summed E-state index contributed by atoms with van der Waals surface area (Å²) in [5.74, 6) is 0. The van der Waals surface area contributed by atoms with Crippen molar-refractivity contribution >= 4 is 10.9 Å². The lowest BCUT2D eigenvalue weighted by atomic mass is 10.2. The van der Waals surface area contributed by atoms with Crippen LogP contribution in [0.1, 0.15) is 25.3 Å². The van der Waals surface area contributed by atoms with E-state index in [1.807, 2.05) is 12.1 Å². The number of aliphatic hydroxyl groups excluding tert-OH is 1. The van der Waals surface area contributed by atoms with Crippen LogP contribution in [0.25, 0.3) is 10.9 Å². The van der Waals surface area contributed by atoms with Crippen LogP contribution in [-0.4, -0.2) is 22.9 Å². The van der Waals surface area contributed by atoms with Crippen LogP contribution < -0.4 is 0 Å². The Balaban J connectivity index is 1.99. The number of rotatable bonds is 7. The topological polar surface area (TPSA) is 34.4 Å². The quantitative estimate of drug-likeness (QED) is 0.763. The van der Waals surface area contributed by atoms with E-state index in [9.17, 15) is 0 Å². The Morgan fingerprint density at radius 3 is 2.89 bits per heavy atom. The molecule has 0 atom stereocenters. The molecule has 2 rings (SSSR count). The fourth-order valence-corrected chi connectivity index (χ4v) is 2.03. The summed E-state index contributed by atoms with van der Waals surface area (Å²) in [6.45, 7) is 4.71. The third kappa shape index (κ3) is 3.12. The van der Waals surface area contributed by atoms with Gasteiger partial charge in [-0.2, -0.15) is 0 Å². The van der Waals surface area contributed by atoms with Crippen molar-refractivity contribution in [3.63, 3.8) is 0 Å². The number of hydrogen-bond donors (Lipinski definition) is 1. The van der Waals surface area contributed by atoms with E-state index in [-0.39, 0.29) is 6.61 Å². The van der Waals surface area contributed by atoms with Crippen molar-refractivity contribution in [1.82, 2.24) is 4.57 Å². The minimum atomic E-state index is 0.0914. The van der Waals surface area contributed by atoms with Crippen molar-refractivity contribution < 1.29 is 9.84 Å². The molecule has 0 fully saturated rings. The first-order valence-corrected chi connectivity index (χ1v) is 6.61. The number of benzene rings is 1. The van der Waals surface area contributed by atoms with E-state index in [1.54, 1.807) is 0 Å². The first kappa shape index (κ1) is 13.1. The monoisotopic (exact) mass is 247 g/mol. The molecule has 0 unspecified atom stereocenters. The van der Waals surface area contributed by atoms with Crippen molar-refractivity contribution in [3.05, 3.63) is 36.0 Å². The normalized spacial score (nSPS) is 11.2. The van der Waals surface area contributed by atoms with Gasteiger partial charge in [0.05, 0.1) is 13.2 Å². The molecule has 98 valence electrons. The zero-order valence-corrected chi connectivity index (χ0v) is 10.9. The summed E-state index contributed by atoms with van der Waals surface area (Å²) in [5, 5.41) is 10.4. The molecule has 1 aromatic heterocycles. The van der Waals surface area contributed by atoms with Crippen molar-refractivity contribution in [3.8, 4) is 0 Å². The molecule has 1 N–H and O–H groups in total. The maximum absolute atomic E-state index is 9.16. The maximum atomic E-state index is 9.16. The third-order valence-corrected chi connectivity index (χ3v) is 3.14. The van der Waals surface area contributed by atoms with Gasteiger partial charge in [-0.05, 0) is 29.5 Å². The molecule has 0 aliphatic carbocycles. The summed E-state index contributed by atoms with van der Waals surface area (Å²) in [4.78, 5) is 0. The number of ether oxygens (including phenoxy) is 1. The number of nitrogens with zero attached hydrogens (tertiary/aromatic N) is 1. The highest BCUT2D eigenvalue weighted by Crippen LogP contribution is 2.17. The molecule has 0 bridgehead atoms. The zero-order chi connectivity index (χ0) is 12.8. The Morgan fingerprint density at radius 2 is 2.11 bits per heavy atom. The minimum Gasteiger partial charge on any atom is -0.392 e. The lowest BCUT2D eigenvalue weighted by Gasteiger charge is -2.07. The van der Waals surface area contributed by atoms with Gasteiger partial charge in [0, 0.05) is 24.9 Å². The molecule has 0 saturated heterocycles. The van der Waals surface area contributed by atoms with Crippen LogP contribution in [0.4, 0.5) is 0 Å². The van der Waals surface area contributed by atoms with Gasteiger partial charge in [-0.1, -0.05) is 25.5 Å². The molecule has 0 aliphatic rings. The van der Waals surface area contributed by atoms with Gasteiger partial charge in [-0.15, -0.1) is 0 Å². The molecule has 0 saturated carbocycles. The Hall–Kier alpha value is -1.32. The first-order valence-electron chi connectivity index (χ1n) is 6.61. The van der Waals surface area contributed by atoms with E-state index in [0.29, 0.717) is 0 Å². The van der Waals surface area contributed by atoms with Crippen molar-refractivity contribution in [2.24, 2.45) is 0 Å². The Labute approximate surface area is 108 Å². The third-order valence-electron chi connectivity index (χ3n) is 3.14. The fraction of sp³-hybridized carbons (Fsp3) is 0.467. The fourth-order valence-electron chi connectivity index (χ4n) is 2.03. The molecule has 0 radical (unpaired) electrons. The van der Waals surface area contributed by atoms with Crippen molar-refractivity contribution in [1.29, 1.82) is 0 Å². The second-order valence-electron chi connectivity index (χ2n) is 4.53. The van der Waals surface area contributed by atoms with Crippen molar-refractivity contribution in [2.45, 2.75) is 32.9 Å². The van der Waals surface area contributed by atoms with Gasteiger partial charge in [0.25, 0.3) is 0 Å². The molecule has 2 aromatic rings. The smallest absolute Gasteiger partial charge is 0.0682 e. The highest BCUT2D eigenvalue weighted by molar-refractivity contribution is 5.80. The zero-order valence-electron chi connectivity index (χ0n) is 10.9. The summed E-state index contributed by atoms with van der Waals surface area (Å²) in [5.41, 5.74) is 2.12. The van der Waals surface area contributed by atoms with Crippen LogP contribution >= 0.6 is 0 Å². The van der Waals surface area contributed by atoms with E-state index < -0.39 is 0 Å². The Morgan fingerprint density at radius 1 is 1.22 bits per heavy atom. The lowest BCUT2D eigenvalue weighted by Crippen LogP contribution is -2.05. The summed E-state index contributed by atoms with van der Waals surface area (Å²) < 4.78 is 7.76. The van der Waals surface area contributed by atoms with Crippen LogP contribution in [0.2, 0.25) is 0 Å². The predicted octanol–water partition coefficient (Wildman–Crippen LogP) is 2.95. The molecule has 3 heteroatoms. The van der Waals surface area contributed by atoms with E-state index in [2.05, 4.69) is 29.8 Å². The van der Waals surface area contributed by atoms with E-state index in [4.69, 9.17) is 9.84 Å². The van der Waals surface area contributed by atoms with E-state index in [1.165, 1.54) is 17.3 Å². The molecule has 0 amide bonds. The number of aromatic nitrogens is 1. The number of hydrogen-bond acceptors (Lipinski definition) is 2. The highest BCUT2D eigenvalue weighted by atomic mass is 16.5. The molecule has 1 heterocycles. The van der Waals surface area contributed by atoms with Crippen LogP contribution in [-0.2, 0) is 17.9 Å².